The molecule has 0 aliphatic heterocycles. The maximum absolute atomic E-state index is 12.7. The minimum absolute atomic E-state index is 0.127. The van der Waals surface area contributed by atoms with E-state index in [1.54, 1.807) is 0 Å². The van der Waals surface area contributed by atoms with Gasteiger partial charge in [-0.2, -0.15) is 0 Å². The lowest BCUT2D eigenvalue weighted by Gasteiger charge is -2.17. The monoisotopic (exact) mass is 383 g/mol. The maximum atomic E-state index is 12.7. The molecule has 1 aromatic heterocycles. The molecule has 0 aliphatic carbocycles. The topological polar surface area (TPSA) is 60.0 Å². The molecule has 4 heteroatoms. The van der Waals surface area contributed by atoms with Crippen LogP contribution >= 0.6 is 0 Å². The average molecular weight is 383 g/mol. The highest BCUT2D eigenvalue weighted by molar-refractivity contribution is 6.05. The van der Waals surface area contributed by atoms with Gasteiger partial charge in [0.2, 0.25) is 0 Å². The smallest absolute Gasteiger partial charge is 0.255 e. The fourth-order valence-corrected chi connectivity index (χ4v) is 3.65. The van der Waals surface area contributed by atoms with Crippen LogP contribution in [0.4, 0.5) is 5.69 Å². The number of nitrogens with one attached hydrogen (secondary N) is 1. The van der Waals surface area contributed by atoms with Crippen molar-refractivity contribution < 1.29 is 4.79 Å². The maximum Gasteiger partial charge on any atom is 0.255 e. The number of rotatable bonds is 5. The third kappa shape index (κ3) is 4.08. The average Bonchev–Trinajstić information content (AvgIpc) is 3.06. The number of hydrogen-bond acceptors (Lipinski definition) is 2. The molecule has 0 unspecified atom stereocenters. The van der Waals surface area contributed by atoms with Crippen molar-refractivity contribution >= 4 is 22.5 Å². The summed E-state index contributed by atoms with van der Waals surface area (Å²) in [5.41, 5.74) is 10.6. The summed E-state index contributed by atoms with van der Waals surface area (Å²) in [6.07, 6.45) is 2.89. The van der Waals surface area contributed by atoms with Crippen LogP contribution in [0.15, 0.2) is 85.1 Å². The molecule has 3 aromatic carbocycles. The molecule has 1 heterocycles. The van der Waals surface area contributed by atoms with E-state index in [0.717, 1.165) is 23.3 Å². The SMILES string of the molecule is CC(C)(N)Cc1cn(-c2ccccc2NC(=O)c2ccccc2)c2ccccc12. The fraction of sp³-hybridized carbons (Fsp3) is 0.160. The van der Waals surface area contributed by atoms with Gasteiger partial charge in [-0.25, -0.2) is 0 Å². The van der Waals surface area contributed by atoms with Gasteiger partial charge in [-0.15, -0.1) is 0 Å². The standard InChI is InChI=1S/C25H25N3O/c1-25(2,26)16-19-17-28(22-14-8-6-12-20(19)22)23-15-9-7-13-21(23)27-24(29)18-10-4-3-5-11-18/h3-15,17H,16,26H2,1-2H3,(H,27,29). The zero-order valence-corrected chi connectivity index (χ0v) is 16.7. The number of nitrogens with two attached hydrogens (primary N) is 1. The zero-order valence-electron chi connectivity index (χ0n) is 16.7. The summed E-state index contributed by atoms with van der Waals surface area (Å²) in [4.78, 5) is 12.7. The van der Waals surface area contributed by atoms with Crippen molar-refractivity contribution in [3.8, 4) is 5.69 Å². The highest BCUT2D eigenvalue weighted by Gasteiger charge is 2.18. The number of nitrogens with zero attached hydrogens (tertiary/aromatic N) is 1. The van der Waals surface area contributed by atoms with Crippen LogP contribution < -0.4 is 11.1 Å². The molecule has 0 spiro atoms. The first-order valence-electron chi connectivity index (χ1n) is 9.76. The highest BCUT2D eigenvalue weighted by Crippen LogP contribution is 2.30. The van der Waals surface area contributed by atoms with Gasteiger partial charge in [0.25, 0.3) is 5.91 Å². The number of amides is 1. The minimum Gasteiger partial charge on any atom is -0.325 e. The second kappa shape index (κ2) is 7.57. The number of carbonyl (C=O) groups is 1. The normalized spacial score (nSPS) is 11.6. The van der Waals surface area contributed by atoms with Gasteiger partial charge in [-0.05, 0) is 56.2 Å². The quantitative estimate of drug-likeness (QED) is 0.500. The lowest BCUT2D eigenvalue weighted by atomic mass is 9.96. The Morgan fingerprint density at radius 3 is 2.34 bits per heavy atom. The van der Waals surface area contributed by atoms with E-state index in [1.165, 1.54) is 10.9 Å². The molecule has 4 nitrogen and oxygen atoms in total. The molecule has 0 aliphatic rings. The van der Waals surface area contributed by atoms with E-state index in [0.29, 0.717) is 5.56 Å². The summed E-state index contributed by atoms with van der Waals surface area (Å²) in [6, 6.07) is 25.4. The molecular weight excluding hydrogens is 358 g/mol. The van der Waals surface area contributed by atoms with Crippen molar-refractivity contribution in [1.82, 2.24) is 4.57 Å². The molecule has 0 saturated heterocycles. The number of fused-ring (bicyclic) bond motifs is 1. The Kier molecular flexibility index (Phi) is 4.95. The number of carbonyl (C=O) groups excluding carboxylic acids is 1. The van der Waals surface area contributed by atoms with Gasteiger partial charge in [0.15, 0.2) is 0 Å². The summed E-state index contributed by atoms with van der Waals surface area (Å²) in [5.74, 6) is -0.127. The van der Waals surface area contributed by atoms with Crippen molar-refractivity contribution in [3.05, 3.63) is 96.2 Å². The van der Waals surface area contributed by atoms with Crippen LogP contribution in [0.2, 0.25) is 0 Å². The number of benzene rings is 3. The first-order chi connectivity index (χ1) is 13.9. The summed E-state index contributed by atoms with van der Waals surface area (Å²) >= 11 is 0. The molecule has 0 fully saturated rings. The van der Waals surface area contributed by atoms with Crippen LogP contribution in [0, 0.1) is 0 Å². The molecule has 1 amide bonds. The van der Waals surface area contributed by atoms with E-state index in [2.05, 4.69) is 28.2 Å². The lowest BCUT2D eigenvalue weighted by molar-refractivity contribution is 0.102. The van der Waals surface area contributed by atoms with Crippen molar-refractivity contribution in [3.63, 3.8) is 0 Å². The third-order valence-electron chi connectivity index (χ3n) is 4.89. The van der Waals surface area contributed by atoms with E-state index in [-0.39, 0.29) is 11.4 Å². The highest BCUT2D eigenvalue weighted by atomic mass is 16.1. The van der Waals surface area contributed by atoms with Crippen molar-refractivity contribution in [2.75, 3.05) is 5.32 Å². The van der Waals surface area contributed by atoms with Gasteiger partial charge < -0.3 is 15.6 Å². The Morgan fingerprint density at radius 2 is 1.59 bits per heavy atom. The molecule has 29 heavy (non-hydrogen) atoms. The Labute approximate surface area is 171 Å². The lowest BCUT2D eigenvalue weighted by Crippen LogP contribution is -2.34. The van der Waals surface area contributed by atoms with Crippen molar-refractivity contribution in [1.29, 1.82) is 0 Å². The summed E-state index contributed by atoms with van der Waals surface area (Å²) in [7, 11) is 0. The molecule has 3 N–H and O–H groups in total. The predicted octanol–water partition coefficient (Wildman–Crippen LogP) is 5.16. The van der Waals surface area contributed by atoms with Crippen LogP contribution in [0.3, 0.4) is 0 Å². The van der Waals surface area contributed by atoms with Crippen molar-refractivity contribution in [2.45, 2.75) is 25.8 Å². The molecule has 4 aromatic rings. The Bertz CT molecular complexity index is 1150. The molecule has 0 bridgehead atoms. The minimum atomic E-state index is -0.310. The molecule has 146 valence electrons. The molecular formula is C25H25N3O. The first-order valence-corrected chi connectivity index (χ1v) is 9.76. The first kappa shape index (κ1) is 19.0. The summed E-state index contributed by atoms with van der Waals surface area (Å²) in [5, 5.41) is 4.24. The molecule has 4 rings (SSSR count). The number of para-hydroxylation sites is 3. The van der Waals surface area contributed by atoms with Crippen LogP contribution in [-0.2, 0) is 6.42 Å². The van der Waals surface area contributed by atoms with Gasteiger partial charge in [0.1, 0.15) is 0 Å². The summed E-state index contributed by atoms with van der Waals surface area (Å²) < 4.78 is 2.14. The zero-order chi connectivity index (χ0) is 20.4. The van der Waals surface area contributed by atoms with Crippen LogP contribution in [0.1, 0.15) is 29.8 Å². The van der Waals surface area contributed by atoms with E-state index in [9.17, 15) is 4.79 Å². The predicted molar refractivity (Wildman–Crippen MR) is 120 cm³/mol. The second-order valence-electron chi connectivity index (χ2n) is 8.04. The van der Waals surface area contributed by atoms with Crippen LogP contribution in [0.5, 0.6) is 0 Å². The number of hydrogen-bond donors (Lipinski definition) is 2. The third-order valence-corrected chi connectivity index (χ3v) is 4.89. The van der Waals surface area contributed by atoms with Gasteiger partial charge >= 0.3 is 0 Å². The van der Waals surface area contributed by atoms with E-state index >= 15 is 0 Å². The number of aromatic nitrogens is 1. The largest absolute Gasteiger partial charge is 0.325 e. The van der Waals surface area contributed by atoms with E-state index < -0.39 is 0 Å². The molecule has 0 atom stereocenters. The molecule has 0 radical (unpaired) electrons. The van der Waals surface area contributed by atoms with Crippen LogP contribution in [-0.4, -0.2) is 16.0 Å². The summed E-state index contributed by atoms with van der Waals surface area (Å²) in [6.45, 7) is 4.07. The Hall–Kier alpha value is -3.37. The second-order valence-corrected chi connectivity index (χ2v) is 8.04. The van der Waals surface area contributed by atoms with Crippen molar-refractivity contribution in [2.24, 2.45) is 5.73 Å². The van der Waals surface area contributed by atoms with Crippen LogP contribution in [0.25, 0.3) is 16.6 Å². The van der Waals surface area contributed by atoms with Gasteiger partial charge in [-0.1, -0.05) is 48.5 Å². The Morgan fingerprint density at radius 1 is 0.931 bits per heavy atom. The van der Waals surface area contributed by atoms with Gasteiger partial charge in [-0.3, -0.25) is 4.79 Å². The Balaban J connectivity index is 1.78. The fourth-order valence-electron chi connectivity index (χ4n) is 3.65. The van der Waals surface area contributed by atoms with E-state index in [1.807, 2.05) is 80.6 Å². The number of anilines is 1. The van der Waals surface area contributed by atoms with Gasteiger partial charge in [0, 0.05) is 22.7 Å². The molecule has 0 saturated carbocycles. The van der Waals surface area contributed by atoms with E-state index in [4.69, 9.17) is 5.73 Å². The van der Waals surface area contributed by atoms with Gasteiger partial charge in [0.05, 0.1) is 16.9 Å².